The molecular formula is C24H21N3O4S2. The lowest BCUT2D eigenvalue weighted by molar-refractivity contribution is -0.113. The van der Waals surface area contributed by atoms with Crippen molar-refractivity contribution in [1.82, 2.24) is 9.55 Å². The third-order valence-electron chi connectivity index (χ3n) is 5.43. The van der Waals surface area contributed by atoms with E-state index in [1.165, 1.54) is 23.1 Å². The molecule has 0 spiro atoms. The Morgan fingerprint density at radius 1 is 1.15 bits per heavy atom. The van der Waals surface area contributed by atoms with E-state index in [9.17, 15) is 9.59 Å². The fourth-order valence-electron chi connectivity index (χ4n) is 3.63. The highest BCUT2D eigenvalue weighted by atomic mass is 32.2. The molecule has 0 bridgehead atoms. The number of hydrogen-bond acceptors (Lipinski definition) is 7. The number of aromatic nitrogens is 2. The summed E-state index contributed by atoms with van der Waals surface area (Å²) in [5.74, 6) is 1.18. The van der Waals surface area contributed by atoms with Crippen LogP contribution in [0.4, 0.5) is 5.69 Å². The second-order valence-electron chi connectivity index (χ2n) is 7.64. The molecule has 168 valence electrons. The monoisotopic (exact) mass is 479 g/mol. The van der Waals surface area contributed by atoms with Crippen LogP contribution in [0.1, 0.15) is 16.0 Å². The molecule has 5 rings (SSSR count). The van der Waals surface area contributed by atoms with Gasteiger partial charge in [0, 0.05) is 16.6 Å². The first-order valence-electron chi connectivity index (χ1n) is 10.4. The van der Waals surface area contributed by atoms with Crippen LogP contribution >= 0.6 is 23.1 Å². The Morgan fingerprint density at radius 3 is 2.76 bits per heavy atom. The number of benzene rings is 2. The molecular weight excluding hydrogens is 458 g/mol. The zero-order valence-corrected chi connectivity index (χ0v) is 19.7. The molecule has 0 fully saturated rings. The van der Waals surface area contributed by atoms with Crippen molar-refractivity contribution < 1.29 is 14.3 Å². The summed E-state index contributed by atoms with van der Waals surface area (Å²) >= 11 is 2.76. The topological polar surface area (TPSA) is 82.4 Å². The number of hydrogen-bond donors (Lipinski definition) is 1. The first kappa shape index (κ1) is 21.5. The minimum Gasteiger partial charge on any atom is -0.454 e. The number of amides is 1. The Morgan fingerprint density at radius 2 is 1.94 bits per heavy atom. The van der Waals surface area contributed by atoms with Gasteiger partial charge in [0.1, 0.15) is 4.83 Å². The zero-order valence-electron chi connectivity index (χ0n) is 18.1. The second-order valence-corrected chi connectivity index (χ2v) is 9.79. The van der Waals surface area contributed by atoms with Crippen LogP contribution < -0.4 is 20.3 Å². The van der Waals surface area contributed by atoms with Crippen LogP contribution in [0.15, 0.2) is 58.5 Å². The van der Waals surface area contributed by atoms with Gasteiger partial charge in [-0.25, -0.2) is 4.98 Å². The standard InChI is InChI=1S/C24H21N3O4S2/c1-14-15(2)33-22-21(14)23(29)27(11-16-6-4-3-5-7-16)24(26-22)32-12-20(28)25-17-8-9-18-19(10-17)31-13-30-18/h3-10H,11-13H2,1-2H3,(H,25,28). The van der Waals surface area contributed by atoms with E-state index in [2.05, 4.69) is 5.32 Å². The Bertz CT molecular complexity index is 1410. The normalized spacial score (nSPS) is 12.3. The molecule has 0 atom stereocenters. The minimum atomic E-state index is -0.196. The average molecular weight is 480 g/mol. The van der Waals surface area contributed by atoms with Crippen LogP contribution in [0.25, 0.3) is 10.2 Å². The predicted molar refractivity (Wildman–Crippen MR) is 131 cm³/mol. The zero-order chi connectivity index (χ0) is 22.9. The molecule has 1 N–H and O–H groups in total. The molecule has 1 aliphatic rings. The van der Waals surface area contributed by atoms with Crippen molar-refractivity contribution in [1.29, 1.82) is 0 Å². The molecule has 3 heterocycles. The highest BCUT2D eigenvalue weighted by Gasteiger charge is 2.19. The maximum atomic E-state index is 13.4. The van der Waals surface area contributed by atoms with Gasteiger partial charge < -0.3 is 14.8 Å². The highest BCUT2D eigenvalue weighted by Crippen LogP contribution is 2.34. The van der Waals surface area contributed by atoms with Crippen molar-refractivity contribution in [2.75, 3.05) is 17.9 Å². The quantitative estimate of drug-likeness (QED) is 0.322. The van der Waals surface area contributed by atoms with E-state index in [0.717, 1.165) is 16.0 Å². The number of fused-ring (bicyclic) bond motifs is 2. The Labute approximate surface area is 198 Å². The molecule has 0 saturated heterocycles. The van der Waals surface area contributed by atoms with Crippen LogP contribution in [-0.4, -0.2) is 28.0 Å². The van der Waals surface area contributed by atoms with E-state index in [1.807, 2.05) is 44.2 Å². The summed E-state index contributed by atoms with van der Waals surface area (Å²) in [5, 5.41) is 4.05. The molecule has 1 aliphatic heterocycles. The third kappa shape index (κ3) is 4.34. The summed E-state index contributed by atoms with van der Waals surface area (Å²) in [6.07, 6.45) is 0. The lowest BCUT2D eigenvalue weighted by atomic mass is 10.2. The fraction of sp³-hybridized carbons (Fsp3) is 0.208. The molecule has 33 heavy (non-hydrogen) atoms. The summed E-state index contributed by atoms with van der Waals surface area (Å²) in [7, 11) is 0. The average Bonchev–Trinajstić information content (AvgIpc) is 3.39. The van der Waals surface area contributed by atoms with Gasteiger partial charge in [-0.2, -0.15) is 0 Å². The molecule has 2 aromatic heterocycles. The summed E-state index contributed by atoms with van der Waals surface area (Å²) < 4.78 is 12.3. The van der Waals surface area contributed by atoms with Gasteiger partial charge in [-0.3, -0.25) is 14.2 Å². The van der Waals surface area contributed by atoms with Gasteiger partial charge in [0.15, 0.2) is 16.7 Å². The lowest BCUT2D eigenvalue weighted by Gasteiger charge is -2.12. The van der Waals surface area contributed by atoms with Crippen molar-refractivity contribution in [3.05, 3.63) is 74.9 Å². The van der Waals surface area contributed by atoms with Crippen molar-refractivity contribution in [2.24, 2.45) is 0 Å². The van der Waals surface area contributed by atoms with Gasteiger partial charge >= 0.3 is 0 Å². The van der Waals surface area contributed by atoms with Gasteiger partial charge in [-0.05, 0) is 37.1 Å². The largest absolute Gasteiger partial charge is 0.454 e. The van der Waals surface area contributed by atoms with Crippen molar-refractivity contribution in [3.63, 3.8) is 0 Å². The van der Waals surface area contributed by atoms with E-state index < -0.39 is 0 Å². The van der Waals surface area contributed by atoms with Gasteiger partial charge in [-0.15, -0.1) is 11.3 Å². The summed E-state index contributed by atoms with van der Waals surface area (Å²) in [6, 6.07) is 15.0. The lowest BCUT2D eigenvalue weighted by Crippen LogP contribution is -2.24. The minimum absolute atomic E-state index is 0.0793. The van der Waals surface area contributed by atoms with E-state index in [1.54, 1.807) is 22.8 Å². The highest BCUT2D eigenvalue weighted by molar-refractivity contribution is 7.99. The first-order chi connectivity index (χ1) is 16.0. The number of carbonyl (C=O) groups excluding carboxylic acids is 1. The maximum absolute atomic E-state index is 13.4. The third-order valence-corrected chi connectivity index (χ3v) is 7.50. The van der Waals surface area contributed by atoms with Crippen LogP contribution in [-0.2, 0) is 11.3 Å². The van der Waals surface area contributed by atoms with Gasteiger partial charge in [-0.1, -0.05) is 42.1 Å². The second kappa shape index (κ2) is 8.92. The van der Waals surface area contributed by atoms with Crippen molar-refractivity contribution in [2.45, 2.75) is 25.5 Å². The molecule has 0 saturated carbocycles. The number of nitrogens with one attached hydrogen (secondary N) is 1. The molecule has 9 heteroatoms. The van der Waals surface area contributed by atoms with Gasteiger partial charge in [0.05, 0.1) is 17.7 Å². The smallest absolute Gasteiger partial charge is 0.263 e. The summed E-state index contributed by atoms with van der Waals surface area (Å²) in [4.78, 5) is 32.6. The first-order valence-corrected chi connectivity index (χ1v) is 12.2. The maximum Gasteiger partial charge on any atom is 0.263 e. The van der Waals surface area contributed by atoms with Crippen molar-refractivity contribution >= 4 is 44.9 Å². The van der Waals surface area contributed by atoms with Gasteiger partial charge in [0.25, 0.3) is 5.56 Å². The Hall–Kier alpha value is -3.30. The molecule has 0 aliphatic carbocycles. The SMILES string of the molecule is Cc1sc2nc(SCC(=O)Nc3ccc4c(c3)OCO4)n(Cc3ccccc3)c(=O)c2c1C. The Kier molecular flexibility index (Phi) is 5.82. The molecule has 4 aromatic rings. The number of nitrogens with zero attached hydrogens (tertiary/aromatic N) is 2. The number of aryl methyl sites for hydroxylation is 2. The predicted octanol–water partition coefficient (Wildman–Crippen LogP) is 4.58. The van der Waals surface area contributed by atoms with Crippen LogP contribution in [0.2, 0.25) is 0 Å². The fourth-order valence-corrected chi connectivity index (χ4v) is 5.49. The van der Waals surface area contributed by atoms with E-state index >= 15 is 0 Å². The van der Waals surface area contributed by atoms with E-state index in [0.29, 0.717) is 39.1 Å². The van der Waals surface area contributed by atoms with Crippen LogP contribution in [0.5, 0.6) is 11.5 Å². The molecule has 2 aromatic carbocycles. The number of thioether (sulfide) groups is 1. The van der Waals surface area contributed by atoms with Gasteiger partial charge in [0.2, 0.25) is 12.7 Å². The van der Waals surface area contributed by atoms with E-state index in [-0.39, 0.29) is 24.0 Å². The van der Waals surface area contributed by atoms with E-state index in [4.69, 9.17) is 14.5 Å². The Balaban J connectivity index is 1.41. The van der Waals surface area contributed by atoms with Crippen molar-refractivity contribution in [3.8, 4) is 11.5 Å². The number of thiophene rings is 1. The number of rotatable bonds is 6. The number of carbonyl (C=O) groups is 1. The van der Waals surface area contributed by atoms with Crippen LogP contribution in [0, 0.1) is 13.8 Å². The molecule has 0 unspecified atom stereocenters. The molecule has 7 nitrogen and oxygen atoms in total. The summed E-state index contributed by atoms with van der Waals surface area (Å²) in [5.41, 5.74) is 2.51. The molecule has 0 radical (unpaired) electrons. The van der Waals surface area contributed by atoms with Crippen LogP contribution in [0.3, 0.4) is 0 Å². The number of ether oxygens (including phenoxy) is 2. The number of anilines is 1. The summed E-state index contributed by atoms with van der Waals surface area (Å²) in [6.45, 7) is 4.52. The molecule has 1 amide bonds.